The highest BCUT2D eigenvalue weighted by Crippen LogP contribution is 2.50. The molecule has 3 atom stereocenters. The molecule has 5 fully saturated rings. The summed E-state index contributed by atoms with van der Waals surface area (Å²) in [5.41, 5.74) is 4.53. The molecule has 5 nitrogen and oxygen atoms in total. The van der Waals surface area contributed by atoms with Crippen LogP contribution in [0.15, 0.2) is 30.5 Å². The second-order valence-corrected chi connectivity index (χ2v) is 12.3. The van der Waals surface area contributed by atoms with Gasteiger partial charge in [-0.15, -0.1) is 0 Å². The SMILES string of the molecule is C=C1CCC(N2Cc3cc(C[C@H]4CCCC[C@@H]4NCC45CCC(CC4)CC5)ccc3C2=O)C(=O)N1. The number of carbonyl (C=O) groups excluding carboxylic acids is 2. The lowest BCUT2D eigenvalue weighted by molar-refractivity contribution is -0.126. The minimum absolute atomic E-state index is 0.00196. The predicted octanol–water partition coefficient (Wildman–Crippen LogP) is 5.10. The van der Waals surface area contributed by atoms with Crippen molar-refractivity contribution in [2.75, 3.05) is 6.54 Å². The van der Waals surface area contributed by atoms with Gasteiger partial charge in [-0.2, -0.15) is 0 Å². The van der Waals surface area contributed by atoms with Gasteiger partial charge in [-0.25, -0.2) is 0 Å². The standard InChI is InChI=1S/C30H41N3O2/c1-20-6-9-27(28(34)32-20)33-18-24-17-22(7-8-25(24)29(33)35)16-23-4-2-3-5-26(23)31-19-30-13-10-21(11-14-30)12-15-30/h7-8,17,21,23,26-27,31H,1-6,9-16,18-19H2,(H,32,34)/t21?,23-,26+,27?,30?/m1/s1. The van der Waals surface area contributed by atoms with Crippen molar-refractivity contribution >= 4 is 11.8 Å². The fraction of sp³-hybridized carbons (Fsp3) is 0.667. The Morgan fingerprint density at radius 2 is 1.80 bits per heavy atom. The van der Waals surface area contributed by atoms with E-state index < -0.39 is 0 Å². The van der Waals surface area contributed by atoms with Crippen LogP contribution in [0, 0.1) is 17.3 Å². The molecule has 6 aliphatic rings. The molecule has 35 heavy (non-hydrogen) atoms. The molecule has 2 N–H and O–H groups in total. The molecule has 1 aromatic rings. The molecule has 2 bridgehead atoms. The van der Waals surface area contributed by atoms with E-state index in [9.17, 15) is 9.59 Å². The molecule has 2 amide bonds. The number of piperidine rings is 1. The van der Waals surface area contributed by atoms with E-state index in [1.54, 1.807) is 4.90 Å². The average Bonchev–Trinajstić information content (AvgIpc) is 3.20. The quantitative estimate of drug-likeness (QED) is 0.602. The molecule has 1 unspecified atom stereocenters. The number of fused-ring (bicyclic) bond motifs is 4. The number of hydrogen-bond acceptors (Lipinski definition) is 3. The summed E-state index contributed by atoms with van der Waals surface area (Å²) >= 11 is 0. The average molecular weight is 476 g/mol. The van der Waals surface area contributed by atoms with Gasteiger partial charge in [0.15, 0.2) is 0 Å². The van der Waals surface area contributed by atoms with Crippen LogP contribution in [-0.4, -0.2) is 35.3 Å². The summed E-state index contributed by atoms with van der Waals surface area (Å²) in [5.74, 6) is 1.60. The molecule has 1 aromatic carbocycles. The molecule has 0 radical (unpaired) electrons. The minimum Gasteiger partial charge on any atom is -0.329 e. The molecule has 2 aliphatic heterocycles. The Morgan fingerprint density at radius 3 is 2.57 bits per heavy atom. The summed E-state index contributed by atoms with van der Waals surface area (Å²) in [4.78, 5) is 27.4. The Hall–Kier alpha value is -2.14. The number of amides is 2. The molecule has 0 spiro atoms. The van der Waals surface area contributed by atoms with Crippen LogP contribution in [0.4, 0.5) is 0 Å². The highest BCUT2D eigenvalue weighted by atomic mass is 16.2. The van der Waals surface area contributed by atoms with Crippen LogP contribution in [-0.2, 0) is 17.8 Å². The van der Waals surface area contributed by atoms with Crippen LogP contribution in [0.3, 0.4) is 0 Å². The summed E-state index contributed by atoms with van der Waals surface area (Å²) in [6.45, 7) is 5.62. The van der Waals surface area contributed by atoms with Crippen molar-refractivity contribution < 1.29 is 9.59 Å². The van der Waals surface area contributed by atoms with Gasteiger partial charge in [0.05, 0.1) is 0 Å². The molecule has 4 aliphatic carbocycles. The monoisotopic (exact) mass is 475 g/mol. The maximum atomic E-state index is 13.1. The molecular formula is C30H41N3O2. The molecule has 188 valence electrons. The number of allylic oxidation sites excluding steroid dienone is 1. The van der Waals surface area contributed by atoms with E-state index in [-0.39, 0.29) is 17.9 Å². The first kappa shape index (κ1) is 23.3. The first-order valence-corrected chi connectivity index (χ1v) is 14.1. The van der Waals surface area contributed by atoms with E-state index in [4.69, 9.17) is 0 Å². The molecule has 7 rings (SSSR count). The summed E-state index contributed by atoms with van der Waals surface area (Å²) in [5, 5.41) is 6.92. The number of nitrogens with one attached hydrogen (secondary N) is 2. The zero-order valence-electron chi connectivity index (χ0n) is 21.1. The zero-order valence-corrected chi connectivity index (χ0v) is 21.1. The normalized spacial score (nSPS) is 34.7. The van der Waals surface area contributed by atoms with Crippen molar-refractivity contribution in [3.63, 3.8) is 0 Å². The van der Waals surface area contributed by atoms with E-state index in [2.05, 4.69) is 29.3 Å². The van der Waals surface area contributed by atoms with Gasteiger partial charge in [-0.1, -0.05) is 31.6 Å². The fourth-order valence-electron chi connectivity index (χ4n) is 7.81. The van der Waals surface area contributed by atoms with Gasteiger partial charge in [0.2, 0.25) is 5.91 Å². The lowest BCUT2D eigenvalue weighted by Crippen LogP contribution is -2.49. The second-order valence-electron chi connectivity index (χ2n) is 12.3. The Balaban J connectivity index is 1.11. The molecule has 4 saturated carbocycles. The fourth-order valence-corrected chi connectivity index (χ4v) is 7.81. The van der Waals surface area contributed by atoms with E-state index in [1.807, 2.05) is 6.07 Å². The van der Waals surface area contributed by atoms with Gasteiger partial charge in [0.25, 0.3) is 5.91 Å². The lowest BCUT2D eigenvalue weighted by atomic mass is 9.60. The van der Waals surface area contributed by atoms with E-state index in [0.29, 0.717) is 30.3 Å². The van der Waals surface area contributed by atoms with E-state index in [1.165, 1.54) is 76.3 Å². The molecule has 2 heterocycles. The van der Waals surface area contributed by atoms with Crippen LogP contribution in [0.5, 0.6) is 0 Å². The Kier molecular flexibility index (Phi) is 6.24. The first-order valence-electron chi connectivity index (χ1n) is 14.1. The Labute approximate surface area is 210 Å². The van der Waals surface area contributed by atoms with Crippen LogP contribution in [0.2, 0.25) is 0 Å². The van der Waals surface area contributed by atoms with Gasteiger partial charge >= 0.3 is 0 Å². The third-order valence-electron chi connectivity index (χ3n) is 10.1. The van der Waals surface area contributed by atoms with Crippen LogP contribution in [0.25, 0.3) is 0 Å². The van der Waals surface area contributed by atoms with E-state index in [0.717, 1.165) is 35.6 Å². The van der Waals surface area contributed by atoms with Crippen molar-refractivity contribution in [3.05, 3.63) is 47.2 Å². The number of rotatable bonds is 6. The van der Waals surface area contributed by atoms with Crippen LogP contribution < -0.4 is 10.6 Å². The molecular weight excluding hydrogens is 434 g/mol. The Morgan fingerprint density at radius 1 is 1.03 bits per heavy atom. The van der Waals surface area contributed by atoms with Gasteiger partial charge < -0.3 is 15.5 Å². The number of nitrogens with zero attached hydrogens (tertiary/aromatic N) is 1. The second kappa shape index (κ2) is 9.38. The third kappa shape index (κ3) is 4.57. The van der Waals surface area contributed by atoms with Gasteiger partial charge in [0, 0.05) is 30.4 Å². The van der Waals surface area contributed by atoms with Crippen molar-refractivity contribution in [3.8, 4) is 0 Å². The van der Waals surface area contributed by atoms with Gasteiger partial charge in [-0.3, -0.25) is 9.59 Å². The maximum Gasteiger partial charge on any atom is 0.255 e. The molecule has 0 aromatic heterocycles. The summed E-state index contributed by atoms with van der Waals surface area (Å²) in [7, 11) is 0. The van der Waals surface area contributed by atoms with Gasteiger partial charge in [-0.05, 0) is 105 Å². The number of carbonyl (C=O) groups is 2. The van der Waals surface area contributed by atoms with E-state index >= 15 is 0 Å². The van der Waals surface area contributed by atoms with Crippen LogP contribution >= 0.6 is 0 Å². The number of benzene rings is 1. The highest BCUT2D eigenvalue weighted by molar-refractivity contribution is 6.01. The summed E-state index contributed by atoms with van der Waals surface area (Å²) < 4.78 is 0. The zero-order chi connectivity index (χ0) is 24.0. The third-order valence-corrected chi connectivity index (χ3v) is 10.1. The topological polar surface area (TPSA) is 61.4 Å². The highest BCUT2D eigenvalue weighted by Gasteiger charge is 2.41. The smallest absolute Gasteiger partial charge is 0.255 e. The minimum atomic E-state index is -0.384. The van der Waals surface area contributed by atoms with Crippen molar-refractivity contribution in [1.29, 1.82) is 0 Å². The summed E-state index contributed by atoms with van der Waals surface area (Å²) in [6.07, 6.45) is 16.4. The van der Waals surface area contributed by atoms with Crippen molar-refractivity contribution in [2.24, 2.45) is 17.3 Å². The maximum absolute atomic E-state index is 13.1. The van der Waals surface area contributed by atoms with Gasteiger partial charge in [0.1, 0.15) is 6.04 Å². The Bertz CT molecular complexity index is 995. The predicted molar refractivity (Wildman–Crippen MR) is 138 cm³/mol. The molecule has 1 saturated heterocycles. The number of hydrogen-bond donors (Lipinski definition) is 2. The van der Waals surface area contributed by atoms with Crippen molar-refractivity contribution in [1.82, 2.24) is 15.5 Å². The summed E-state index contributed by atoms with van der Waals surface area (Å²) in [6, 6.07) is 6.65. The first-order chi connectivity index (χ1) is 17.0. The largest absolute Gasteiger partial charge is 0.329 e. The van der Waals surface area contributed by atoms with Crippen molar-refractivity contribution in [2.45, 2.75) is 102 Å². The lowest BCUT2D eigenvalue weighted by Gasteiger charge is -2.48. The molecule has 5 heteroatoms. The van der Waals surface area contributed by atoms with Crippen LogP contribution in [0.1, 0.15) is 98.5 Å².